The van der Waals surface area contributed by atoms with E-state index in [9.17, 15) is 5.11 Å². The third kappa shape index (κ3) is 3.00. The molecular formula is C18H23N5O2. The molecule has 25 heavy (non-hydrogen) atoms. The molecule has 132 valence electrons. The van der Waals surface area contributed by atoms with Crippen LogP contribution in [0, 0.1) is 5.92 Å². The first kappa shape index (κ1) is 16.1. The molecule has 0 saturated carbocycles. The molecule has 4 rings (SSSR count). The molecule has 1 saturated heterocycles. The van der Waals surface area contributed by atoms with Gasteiger partial charge in [0.05, 0.1) is 11.7 Å². The van der Waals surface area contributed by atoms with Gasteiger partial charge in [-0.1, -0.05) is 17.3 Å². The van der Waals surface area contributed by atoms with Gasteiger partial charge < -0.3 is 14.5 Å². The molecule has 0 spiro atoms. The van der Waals surface area contributed by atoms with Crippen molar-refractivity contribution in [1.29, 1.82) is 0 Å². The molecule has 0 atom stereocenters. The zero-order valence-electron chi connectivity index (χ0n) is 14.6. The SMILES string of the molecule is CC(C)n1ncc2ccc(-c3noc(N4CCC(CO)CC4)n3)cc21. The highest BCUT2D eigenvalue weighted by atomic mass is 16.5. The van der Waals surface area contributed by atoms with E-state index in [4.69, 9.17) is 4.52 Å². The van der Waals surface area contributed by atoms with Gasteiger partial charge in [-0.05, 0) is 38.7 Å². The maximum absolute atomic E-state index is 9.25. The summed E-state index contributed by atoms with van der Waals surface area (Å²) in [5, 5.41) is 19.0. The average molecular weight is 341 g/mol. The Labute approximate surface area is 146 Å². The molecule has 1 aliphatic heterocycles. The second-order valence-electron chi connectivity index (χ2n) is 6.97. The normalized spacial score (nSPS) is 16.2. The number of fused-ring (bicyclic) bond motifs is 1. The van der Waals surface area contributed by atoms with Crippen molar-refractivity contribution in [3.63, 3.8) is 0 Å². The Morgan fingerprint density at radius 1 is 1.28 bits per heavy atom. The van der Waals surface area contributed by atoms with E-state index in [0.29, 0.717) is 23.8 Å². The van der Waals surface area contributed by atoms with Crippen molar-refractivity contribution >= 4 is 16.9 Å². The van der Waals surface area contributed by atoms with E-state index in [1.165, 1.54) is 0 Å². The molecule has 1 aliphatic rings. The van der Waals surface area contributed by atoms with Crippen molar-refractivity contribution in [2.24, 2.45) is 5.92 Å². The largest absolute Gasteiger partial charge is 0.396 e. The zero-order valence-corrected chi connectivity index (χ0v) is 14.6. The van der Waals surface area contributed by atoms with E-state index in [1.54, 1.807) is 0 Å². The van der Waals surface area contributed by atoms with Crippen LogP contribution in [-0.2, 0) is 0 Å². The Morgan fingerprint density at radius 2 is 2.08 bits per heavy atom. The molecule has 0 bridgehead atoms. The highest BCUT2D eigenvalue weighted by molar-refractivity contribution is 5.83. The molecule has 1 fully saturated rings. The van der Waals surface area contributed by atoms with Gasteiger partial charge in [0.15, 0.2) is 0 Å². The van der Waals surface area contributed by atoms with Gasteiger partial charge in [-0.3, -0.25) is 4.68 Å². The smallest absolute Gasteiger partial charge is 0.324 e. The second-order valence-corrected chi connectivity index (χ2v) is 6.97. The Morgan fingerprint density at radius 3 is 2.80 bits per heavy atom. The van der Waals surface area contributed by atoms with Gasteiger partial charge in [0.25, 0.3) is 0 Å². The number of anilines is 1. The van der Waals surface area contributed by atoms with Crippen LogP contribution in [0.4, 0.5) is 6.01 Å². The third-order valence-electron chi connectivity index (χ3n) is 4.90. The molecule has 0 aliphatic carbocycles. The van der Waals surface area contributed by atoms with E-state index in [-0.39, 0.29) is 6.61 Å². The summed E-state index contributed by atoms with van der Waals surface area (Å²) >= 11 is 0. The van der Waals surface area contributed by atoms with Gasteiger partial charge in [-0.2, -0.15) is 10.1 Å². The van der Waals surface area contributed by atoms with Crippen molar-refractivity contribution in [1.82, 2.24) is 19.9 Å². The van der Waals surface area contributed by atoms with Crippen molar-refractivity contribution < 1.29 is 9.63 Å². The summed E-state index contributed by atoms with van der Waals surface area (Å²) in [7, 11) is 0. The Hall–Kier alpha value is -2.41. The standard InChI is InChI=1S/C18H23N5O2/c1-12(2)23-16-9-14(3-4-15(16)10-19-23)17-20-18(25-21-17)22-7-5-13(11-24)6-8-22/h3-4,9-10,12-13,24H,5-8,11H2,1-2H3. The fourth-order valence-electron chi connectivity index (χ4n) is 3.36. The van der Waals surface area contributed by atoms with E-state index < -0.39 is 0 Å². The summed E-state index contributed by atoms with van der Waals surface area (Å²) in [6, 6.07) is 6.96. The van der Waals surface area contributed by atoms with Crippen LogP contribution in [0.2, 0.25) is 0 Å². The number of aliphatic hydroxyl groups is 1. The minimum Gasteiger partial charge on any atom is -0.396 e. The first-order valence-electron chi connectivity index (χ1n) is 8.83. The van der Waals surface area contributed by atoms with E-state index >= 15 is 0 Å². The number of aromatic nitrogens is 4. The molecule has 7 heteroatoms. The molecule has 0 amide bonds. The number of benzene rings is 1. The minimum absolute atomic E-state index is 0.256. The number of nitrogens with zero attached hydrogens (tertiary/aromatic N) is 5. The fourth-order valence-corrected chi connectivity index (χ4v) is 3.36. The second kappa shape index (κ2) is 6.48. The maximum atomic E-state index is 9.25. The van der Waals surface area contributed by atoms with Gasteiger partial charge in [-0.15, -0.1) is 0 Å². The third-order valence-corrected chi connectivity index (χ3v) is 4.90. The lowest BCUT2D eigenvalue weighted by atomic mass is 9.98. The monoisotopic (exact) mass is 341 g/mol. The maximum Gasteiger partial charge on any atom is 0.324 e. The lowest BCUT2D eigenvalue weighted by Gasteiger charge is -2.29. The fraction of sp³-hybridized carbons (Fsp3) is 0.500. The Kier molecular flexibility index (Phi) is 4.17. The van der Waals surface area contributed by atoms with E-state index in [0.717, 1.165) is 42.4 Å². The average Bonchev–Trinajstić information content (AvgIpc) is 3.28. The predicted octanol–water partition coefficient (Wildman–Crippen LogP) is 2.88. The summed E-state index contributed by atoms with van der Waals surface area (Å²) < 4.78 is 7.48. The summed E-state index contributed by atoms with van der Waals surface area (Å²) in [4.78, 5) is 6.67. The van der Waals surface area contributed by atoms with Crippen LogP contribution < -0.4 is 4.90 Å². The highest BCUT2D eigenvalue weighted by Crippen LogP contribution is 2.27. The van der Waals surface area contributed by atoms with E-state index in [2.05, 4.69) is 40.1 Å². The van der Waals surface area contributed by atoms with Crippen LogP contribution in [0.15, 0.2) is 28.9 Å². The Bertz CT molecular complexity index is 861. The molecular weight excluding hydrogens is 318 g/mol. The van der Waals surface area contributed by atoms with Crippen molar-refractivity contribution in [2.75, 3.05) is 24.6 Å². The predicted molar refractivity (Wildman–Crippen MR) is 95.4 cm³/mol. The summed E-state index contributed by atoms with van der Waals surface area (Å²) in [5.41, 5.74) is 2.00. The molecule has 1 N–H and O–H groups in total. The summed E-state index contributed by atoms with van der Waals surface area (Å²) in [6.45, 7) is 6.16. The number of piperidine rings is 1. The first-order valence-corrected chi connectivity index (χ1v) is 8.83. The topological polar surface area (TPSA) is 80.2 Å². The van der Waals surface area contributed by atoms with Crippen molar-refractivity contribution in [3.8, 4) is 11.4 Å². The van der Waals surface area contributed by atoms with Crippen molar-refractivity contribution in [3.05, 3.63) is 24.4 Å². The molecule has 3 heterocycles. The molecule has 0 unspecified atom stereocenters. The number of hydrogen-bond donors (Lipinski definition) is 1. The first-order chi connectivity index (χ1) is 12.2. The number of aliphatic hydroxyl groups excluding tert-OH is 1. The lowest BCUT2D eigenvalue weighted by molar-refractivity contribution is 0.200. The van der Waals surface area contributed by atoms with Crippen LogP contribution in [0.1, 0.15) is 32.7 Å². The Balaban J connectivity index is 1.59. The van der Waals surface area contributed by atoms with Gasteiger partial charge in [0, 0.05) is 36.7 Å². The summed E-state index contributed by atoms with van der Waals surface area (Å²) in [6.07, 6.45) is 3.79. The quantitative estimate of drug-likeness (QED) is 0.786. The van der Waals surface area contributed by atoms with Crippen LogP contribution in [0.25, 0.3) is 22.3 Å². The molecule has 3 aromatic rings. The molecule has 7 nitrogen and oxygen atoms in total. The van der Waals surface area contributed by atoms with Crippen LogP contribution >= 0.6 is 0 Å². The molecule has 1 aromatic carbocycles. The number of hydrogen-bond acceptors (Lipinski definition) is 6. The summed E-state index contributed by atoms with van der Waals surface area (Å²) in [5.74, 6) is 0.982. The zero-order chi connectivity index (χ0) is 17.4. The van der Waals surface area contributed by atoms with Gasteiger partial charge >= 0.3 is 6.01 Å². The van der Waals surface area contributed by atoms with Gasteiger partial charge in [0.2, 0.25) is 5.82 Å². The highest BCUT2D eigenvalue weighted by Gasteiger charge is 2.23. The van der Waals surface area contributed by atoms with Crippen LogP contribution in [-0.4, -0.2) is 44.7 Å². The van der Waals surface area contributed by atoms with Gasteiger partial charge in [0.1, 0.15) is 0 Å². The molecule has 2 aromatic heterocycles. The number of rotatable bonds is 4. The minimum atomic E-state index is 0.256. The van der Waals surface area contributed by atoms with Crippen molar-refractivity contribution in [2.45, 2.75) is 32.7 Å². The van der Waals surface area contributed by atoms with Crippen LogP contribution in [0.5, 0.6) is 0 Å². The van der Waals surface area contributed by atoms with Crippen LogP contribution in [0.3, 0.4) is 0 Å². The van der Waals surface area contributed by atoms with Gasteiger partial charge in [-0.25, -0.2) is 0 Å². The van der Waals surface area contributed by atoms with E-state index in [1.807, 2.05) is 23.0 Å². The molecule has 0 radical (unpaired) electrons. The lowest BCUT2D eigenvalue weighted by Crippen LogP contribution is -2.34.